The molecule has 3 heteroatoms. The van der Waals surface area contributed by atoms with Crippen LogP contribution < -0.4 is 9.80 Å². The third-order valence-electron chi connectivity index (χ3n) is 4.79. The third-order valence-corrected chi connectivity index (χ3v) is 4.79. The lowest BCUT2D eigenvalue weighted by molar-refractivity contribution is -0.962. The van der Waals surface area contributed by atoms with Gasteiger partial charge in [-0.25, -0.2) is 0 Å². The average molecular weight is 242 g/mol. The molecule has 0 aromatic heterocycles. The number of rotatable bonds is 4. The Hall–Kier alpha value is -0.120. The Morgan fingerprint density at radius 1 is 1.12 bits per heavy atom. The first-order chi connectivity index (χ1) is 8.33. The summed E-state index contributed by atoms with van der Waals surface area (Å²) in [5, 5.41) is 9.30. The number of quaternary nitrogens is 2. The molecule has 0 bridgehead atoms. The smallest absolute Gasteiger partial charge is 0.0983 e. The van der Waals surface area contributed by atoms with Crippen LogP contribution in [0.1, 0.15) is 39.0 Å². The highest BCUT2D eigenvalue weighted by molar-refractivity contribution is 4.65. The Labute approximate surface area is 106 Å². The third kappa shape index (κ3) is 3.67. The summed E-state index contributed by atoms with van der Waals surface area (Å²) in [6.45, 7) is 9.40. The zero-order valence-corrected chi connectivity index (χ0v) is 11.4. The highest BCUT2D eigenvalue weighted by Gasteiger charge is 2.32. The minimum atomic E-state index is 0.406. The van der Waals surface area contributed by atoms with Gasteiger partial charge in [-0.3, -0.25) is 0 Å². The van der Waals surface area contributed by atoms with E-state index in [1.54, 1.807) is 4.90 Å². The van der Waals surface area contributed by atoms with E-state index in [1.807, 2.05) is 4.90 Å². The maximum absolute atomic E-state index is 9.30. The second kappa shape index (κ2) is 6.72. The van der Waals surface area contributed by atoms with Crippen LogP contribution in [-0.2, 0) is 0 Å². The zero-order chi connectivity index (χ0) is 12.1. The first-order valence-electron chi connectivity index (χ1n) is 7.62. The normalized spacial score (nSPS) is 39.2. The SMILES string of the molecule is CCC[NH+]1CCC([NH+]2CCC[C@@H](CO)C2)CC1. The molecule has 2 saturated heterocycles. The topological polar surface area (TPSA) is 29.1 Å². The summed E-state index contributed by atoms with van der Waals surface area (Å²) in [5.74, 6) is 0.583. The van der Waals surface area contributed by atoms with Crippen LogP contribution in [0, 0.1) is 5.92 Å². The van der Waals surface area contributed by atoms with Crippen LogP contribution in [0.4, 0.5) is 0 Å². The number of hydrogen-bond acceptors (Lipinski definition) is 1. The van der Waals surface area contributed by atoms with Gasteiger partial charge in [0.25, 0.3) is 0 Å². The van der Waals surface area contributed by atoms with Gasteiger partial charge in [0.2, 0.25) is 0 Å². The molecule has 2 aliphatic heterocycles. The molecule has 3 N–H and O–H groups in total. The van der Waals surface area contributed by atoms with Crippen LogP contribution in [0.3, 0.4) is 0 Å². The molecule has 1 unspecified atom stereocenters. The molecule has 0 aliphatic carbocycles. The van der Waals surface area contributed by atoms with Crippen LogP contribution in [0.2, 0.25) is 0 Å². The van der Waals surface area contributed by atoms with Gasteiger partial charge in [-0.15, -0.1) is 0 Å². The van der Waals surface area contributed by atoms with E-state index in [0.717, 1.165) is 6.04 Å². The molecule has 17 heavy (non-hydrogen) atoms. The molecule has 0 aromatic rings. The van der Waals surface area contributed by atoms with Gasteiger partial charge < -0.3 is 14.9 Å². The van der Waals surface area contributed by atoms with Crippen LogP contribution in [-0.4, -0.2) is 50.5 Å². The van der Waals surface area contributed by atoms with Crippen molar-refractivity contribution in [1.82, 2.24) is 0 Å². The summed E-state index contributed by atoms with van der Waals surface area (Å²) < 4.78 is 0. The van der Waals surface area contributed by atoms with Crippen LogP contribution in [0.25, 0.3) is 0 Å². The first kappa shape index (κ1) is 13.3. The molecule has 0 radical (unpaired) electrons. The molecule has 100 valence electrons. The van der Waals surface area contributed by atoms with Gasteiger partial charge >= 0.3 is 0 Å². The van der Waals surface area contributed by atoms with E-state index in [9.17, 15) is 5.11 Å². The summed E-state index contributed by atoms with van der Waals surface area (Å²) in [6, 6.07) is 0.893. The average Bonchev–Trinajstić information content (AvgIpc) is 2.40. The van der Waals surface area contributed by atoms with E-state index in [-0.39, 0.29) is 0 Å². The predicted octanol–water partition coefficient (Wildman–Crippen LogP) is -1.27. The van der Waals surface area contributed by atoms with Crippen molar-refractivity contribution in [1.29, 1.82) is 0 Å². The van der Waals surface area contributed by atoms with Gasteiger partial charge in [-0.2, -0.15) is 0 Å². The first-order valence-corrected chi connectivity index (χ1v) is 7.62. The Bertz CT molecular complexity index is 214. The summed E-state index contributed by atoms with van der Waals surface area (Å²) in [5.41, 5.74) is 0. The van der Waals surface area contributed by atoms with Crippen molar-refractivity contribution >= 4 is 0 Å². The van der Waals surface area contributed by atoms with Crippen LogP contribution >= 0.6 is 0 Å². The van der Waals surface area contributed by atoms with E-state index >= 15 is 0 Å². The number of hydrogen-bond donors (Lipinski definition) is 3. The van der Waals surface area contributed by atoms with Gasteiger partial charge in [0.15, 0.2) is 0 Å². The lowest BCUT2D eigenvalue weighted by Gasteiger charge is -2.38. The van der Waals surface area contributed by atoms with Gasteiger partial charge in [0, 0.05) is 18.8 Å². The molecule has 2 aliphatic rings. The van der Waals surface area contributed by atoms with Crippen molar-refractivity contribution in [3.63, 3.8) is 0 Å². The molecular formula is C14H30N2O+2. The minimum absolute atomic E-state index is 0.406. The Morgan fingerprint density at radius 3 is 2.53 bits per heavy atom. The highest BCUT2D eigenvalue weighted by Crippen LogP contribution is 2.08. The fourth-order valence-corrected chi connectivity index (χ4v) is 3.76. The largest absolute Gasteiger partial charge is 0.396 e. The monoisotopic (exact) mass is 242 g/mol. The molecule has 3 nitrogen and oxygen atoms in total. The molecule has 2 fully saturated rings. The molecule has 0 aromatic carbocycles. The second-order valence-electron chi connectivity index (χ2n) is 6.08. The van der Waals surface area contributed by atoms with E-state index in [2.05, 4.69) is 6.92 Å². The van der Waals surface area contributed by atoms with Crippen molar-refractivity contribution in [2.75, 3.05) is 39.3 Å². The summed E-state index contributed by atoms with van der Waals surface area (Å²) in [4.78, 5) is 3.62. The van der Waals surface area contributed by atoms with Crippen molar-refractivity contribution in [3.05, 3.63) is 0 Å². The van der Waals surface area contributed by atoms with E-state index in [1.165, 1.54) is 64.8 Å². The molecular weight excluding hydrogens is 212 g/mol. The zero-order valence-electron chi connectivity index (χ0n) is 11.4. The molecule has 0 spiro atoms. The van der Waals surface area contributed by atoms with Crippen molar-refractivity contribution in [2.45, 2.75) is 45.1 Å². The fourth-order valence-electron chi connectivity index (χ4n) is 3.76. The van der Waals surface area contributed by atoms with Crippen molar-refractivity contribution in [3.8, 4) is 0 Å². The quantitative estimate of drug-likeness (QED) is 0.564. The molecule has 0 amide bonds. The maximum Gasteiger partial charge on any atom is 0.0983 e. The van der Waals surface area contributed by atoms with E-state index in [4.69, 9.17) is 0 Å². The van der Waals surface area contributed by atoms with Gasteiger partial charge in [0.05, 0.1) is 45.4 Å². The number of aliphatic hydroxyl groups excluding tert-OH is 1. The Morgan fingerprint density at radius 2 is 1.88 bits per heavy atom. The maximum atomic E-state index is 9.30. The summed E-state index contributed by atoms with van der Waals surface area (Å²) in [6.07, 6.45) is 6.71. The van der Waals surface area contributed by atoms with Crippen LogP contribution in [0.15, 0.2) is 0 Å². The van der Waals surface area contributed by atoms with E-state index in [0.29, 0.717) is 12.5 Å². The summed E-state index contributed by atoms with van der Waals surface area (Å²) in [7, 11) is 0. The molecule has 2 rings (SSSR count). The Balaban J connectivity index is 1.76. The molecule has 0 saturated carbocycles. The standard InChI is InChI=1S/C14H28N2O/c1-2-7-15-9-5-14(6-10-15)16-8-3-4-13(11-16)12-17/h13-14,17H,2-12H2,1H3/p+2/t13-/m1/s1. The van der Waals surface area contributed by atoms with Gasteiger partial charge in [-0.1, -0.05) is 6.92 Å². The van der Waals surface area contributed by atoms with Crippen LogP contribution in [0.5, 0.6) is 0 Å². The van der Waals surface area contributed by atoms with Crippen molar-refractivity contribution < 1.29 is 14.9 Å². The summed E-state index contributed by atoms with van der Waals surface area (Å²) >= 11 is 0. The lowest BCUT2D eigenvalue weighted by atomic mass is 9.94. The number of piperidine rings is 2. The number of likely N-dealkylation sites (tertiary alicyclic amines) is 2. The molecule has 2 atom stereocenters. The Kier molecular flexibility index (Phi) is 5.26. The number of nitrogens with one attached hydrogen (secondary N) is 2. The number of aliphatic hydroxyl groups is 1. The lowest BCUT2D eigenvalue weighted by Crippen LogP contribution is -3.21. The van der Waals surface area contributed by atoms with Crippen molar-refractivity contribution in [2.24, 2.45) is 5.92 Å². The molecule has 2 heterocycles. The van der Waals surface area contributed by atoms with Gasteiger partial charge in [-0.05, 0) is 19.3 Å². The predicted molar refractivity (Wildman–Crippen MR) is 69.4 cm³/mol. The fraction of sp³-hybridized carbons (Fsp3) is 1.00. The minimum Gasteiger partial charge on any atom is -0.396 e. The van der Waals surface area contributed by atoms with Gasteiger partial charge in [0.1, 0.15) is 0 Å². The van der Waals surface area contributed by atoms with E-state index < -0.39 is 0 Å². The second-order valence-corrected chi connectivity index (χ2v) is 6.08. The highest BCUT2D eigenvalue weighted by atomic mass is 16.3.